The van der Waals surface area contributed by atoms with Gasteiger partial charge in [-0.25, -0.2) is 14.5 Å². The van der Waals surface area contributed by atoms with Crippen molar-refractivity contribution in [2.75, 3.05) is 32.1 Å². The van der Waals surface area contributed by atoms with Crippen molar-refractivity contribution < 1.29 is 19.2 Å². The van der Waals surface area contributed by atoms with Crippen molar-refractivity contribution in [3.63, 3.8) is 0 Å². The average molecular weight is 339 g/mol. The molecule has 0 saturated carbocycles. The molecule has 9 nitrogen and oxygen atoms in total. The molecule has 6 amide bonds. The van der Waals surface area contributed by atoms with Crippen LogP contribution in [0.25, 0.3) is 0 Å². The molecule has 1 aromatic rings. The largest absolute Gasteiger partial charge is 0.352 e. The van der Waals surface area contributed by atoms with Crippen molar-refractivity contribution in [3.8, 4) is 0 Å². The second-order valence-electron chi connectivity index (χ2n) is 4.75. The third-order valence-electron chi connectivity index (χ3n) is 3.31. The third kappa shape index (κ3) is 3.59. The summed E-state index contributed by atoms with van der Waals surface area (Å²) in [6.45, 7) is 0.0520. The summed E-state index contributed by atoms with van der Waals surface area (Å²) in [4.78, 5) is 49.3. The molecule has 1 aliphatic heterocycles. The van der Waals surface area contributed by atoms with Gasteiger partial charge in [-0.15, -0.1) is 11.3 Å². The van der Waals surface area contributed by atoms with Gasteiger partial charge in [-0.1, -0.05) is 0 Å². The molecular weight excluding hydrogens is 322 g/mol. The third-order valence-corrected chi connectivity index (χ3v) is 4.18. The molecule has 0 radical (unpaired) electrons. The highest BCUT2D eigenvalue weighted by Crippen LogP contribution is 2.25. The number of hydrogen-bond acceptors (Lipinski definition) is 5. The Balaban J connectivity index is 2.00. The topological polar surface area (TPSA) is 111 Å². The van der Waals surface area contributed by atoms with E-state index < -0.39 is 24.0 Å². The molecule has 0 bridgehead atoms. The first-order chi connectivity index (χ1) is 11.0. The standard InChI is InChI=1S/C13H17N5O4S/c1-14-12(21)17(2)13(22)16-7-9(19)18(8-6-15-11(8)20)10-4-3-5-23-10/h3-5,8H,6-7H2,1-2H3,(H,14,21)(H,15,20)(H,16,22). The molecule has 2 heterocycles. The van der Waals surface area contributed by atoms with E-state index in [9.17, 15) is 19.2 Å². The van der Waals surface area contributed by atoms with Gasteiger partial charge in [0.1, 0.15) is 6.04 Å². The molecule has 1 aromatic heterocycles. The Kier molecular flexibility index (Phi) is 5.16. The van der Waals surface area contributed by atoms with Gasteiger partial charge >= 0.3 is 12.1 Å². The number of β-lactam (4-membered cyclic amide) rings is 1. The SMILES string of the molecule is CNC(=O)N(C)C(=O)NCC(=O)N(c1cccs1)C1CNC1=O. The van der Waals surface area contributed by atoms with E-state index in [1.54, 1.807) is 17.5 Å². The summed E-state index contributed by atoms with van der Waals surface area (Å²) in [5, 5.41) is 9.67. The summed E-state index contributed by atoms with van der Waals surface area (Å²) in [5.74, 6) is -0.661. The van der Waals surface area contributed by atoms with E-state index >= 15 is 0 Å². The van der Waals surface area contributed by atoms with E-state index in [1.807, 2.05) is 0 Å². The molecule has 0 aliphatic carbocycles. The van der Waals surface area contributed by atoms with Gasteiger partial charge in [0.05, 0.1) is 11.5 Å². The van der Waals surface area contributed by atoms with Crippen LogP contribution in [0.4, 0.5) is 14.6 Å². The molecule has 1 atom stereocenters. The number of carbonyl (C=O) groups is 4. The van der Waals surface area contributed by atoms with Crippen LogP contribution in [0, 0.1) is 0 Å². The Bertz CT molecular complexity index is 618. The lowest BCUT2D eigenvalue weighted by Gasteiger charge is -2.35. The highest BCUT2D eigenvalue weighted by Gasteiger charge is 2.37. The van der Waals surface area contributed by atoms with Gasteiger partial charge in [0.25, 0.3) is 0 Å². The summed E-state index contributed by atoms with van der Waals surface area (Å²) in [6.07, 6.45) is 0. The lowest BCUT2D eigenvalue weighted by atomic mass is 10.1. The fraction of sp³-hybridized carbons (Fsp3) is 0.385. The number of carbonyl (C=O) groups excluding carboxylic acids is 4. The number of rotatable bonds is 4. The monoisotopic (exact) mass is 339 g/mol. The van der Waals surface area contributed by atoms with Crippen LogP contribution in [0.1, 0.15) is 0 Å². The highest BCUT2D eigenvalue weighted by atomic mass is 32.1. The van der Waals surface area contributed by atoms with Crippen LogP contribution in [-0.4, -0.2) is 62.0 Å². The molecule has 1 aliphatic rings. The van der Waals surface area contributed by atoms with Crippen LogP contribution in [0.5, 0.6) is 0 Å². The maximum absolute atomic E-state index is 12.4. The maximum atomic E-state index is 12.4. The van der Waals surface area contributed by atoms with Gasteiger partial charge in [-0.3, -0.25) is 14.5 Å². The lowest BCUT2D eigenvalue weighted by molar-refractivity contribution is -0.130. The minimum atomic E-state index is -0.707. The van der Waals surface area contributed by atoms with Crippen LogP contribution >= 0.6 is 11.3 Å². The summed E-state index contributed by atoms with van der Waals surface area (Å²) in [7, 11) is 2.68. The number of anilines is 1. The highest BCUT2D eigenvalue weighted by molar-refractivity contribution is 7.14. The Morgan fingerprint density at radius 3 is 2.61 bits per heavy atom. The van der Waals surface area contributed by atoms with Crippen LogP contribution < -0.4 is 20.9 Å². The molecular formula is C13H17N5O4S. The summed E-state index contributed by atoms with van der Waals surface area (Å²) in [6, 6.07) is 1.63. The van der Waals surface area contributed by atoms with Gasteiger partial charge in [0.15, 0.2) is 0 Å². The van der Waals surface area contributed by atoms with Crippen molar-refractivity contribution in [1.29, 1.82) is 0 Å². The predicted octanol–water partition coefficient (Wildman–Crippen LogP) is -0.440. The van der Waals surface area contributed by atoms with E-state index in [0.717, 1.165) is 4.90 Å². The molecule has 1 saturated heterocycles. The number of urea groups is 2. The smallest absolute Gasteiger partial charge is 0.325 e. The van der Waals surface area contributed by atoms with Gasteiger partial charge in [0, 0.05) is 20.6 Å². The maximum Gasteiger partial charge on any atom is 0.325 e. The second kappa shape index (κ2) is 7.09. The van der Waals surface area contributed by atoms with Gasteiger partial charge < -0.3 is 16.0 Å². The molecule has 23 heavy (non-hydrogen) atoms. The molecule has 3 N–H and O–H groups in total. The quantitative estimate of drug-likeness (QED) is 0.646. The Morgan fingerprint density at radius 2 is 2.13 bits per heavy atom. The van der Waals surface area contributed by atoms with Crippen molar-refractivity contribution in [3.05, 3.63) is 17.5 Å². The average Bonchev–Trinajstić information content (AvgIpc) is 3.07. The summed E-state index contributed by atoms with van der Waals surface area (Å²) in [5.41, 5.74) is 0. The van der Waals surface area contributed by atoms with E-state index in [-0.39, 0.29) is 12.5 Å². The van der Waals surface area contributed by atoms with Crippen molar-refractivity contribution in [1.82, 2.24) is 20.9 Å². The molecule has 0 aromatic carbocycles. The lowest BCUT2D eigenvalue weighted by Crippen LogP contribution is -2.64. The number of hydrogen-bond donors (Lipinski definition) is 3. The number of thiophene rings is 1. The van der Waals surface area contributed by atoms with Crippen LogP contribution in [-0.2, 0) is 9.59 Å². The zero-order chi connectivity index (χ0) is 17.0. The van der Waals surface area contributed by atoms with Gasteiger partial charge in [-0.2, -0.15) is 0 Å². The van der Waals surface area contributed by atoms with Crippen molar-refractivity contribution in [2.24, 2.45) is 0 Å². The predicted molar refractivity (Wildman–Crippen MR) is 84.2 cm³/mol. The minimum absolute atomic E-state index is 0.236. The zero-order valence-electron chi connectivity index (χ0n) is 12.7. The first kappa shape index (κ1) is 16.7. The van der Waals surface area contributed by atoms with Crippen molar-refractivity contribution >= 4 is 40.2 Å². The molecule has 1 unspecified atom stereocenters. The number of nitrogens with one attached hydrogen (secondary N) is 3. The fourth-order valence-electron chi connectivity index (χ4n) is 1.96. The van der Waals surface area contributed by atoms with Gasteiger partial charge in [0.2, 0.25) is 11.8 Å². The van der Waals surface area contributed by atoms with Crippen LogP contribution in [0.15, 0.2) is 17.5 Å². The van der Waals surface area contributed by atoms with Crippen molar-refractivity contribution in [2.45, 2.75) is 6.04 Å². The Labute approximate surface area is 136 Å². The number of nitrogens with zero attached hydrogens (tertiary/aromatic N) is 2. The summed E-state index contributed by atoms with van der Waals surface area (Å²) >= 11 is 1.33. The molecule has 0 spiro atoms. The molecule has 1 fully saturated rings. The van der Waals surface area contributed by atoms with Crippen LogP contribution in [0.2, 0.25) is 0 Å². The molecule has 10 heteroatoms. The normalized spacial score (nSPS) is 15.9. The first-order valence-corrected chi connectivity index (χ1v) is 7.70. The zero-order valence-corrected chi connectivity index (χ0v) is 13.5. The number of amides is 6. The van der Waals surface area contributed by atoms with Crippen LogP contribution in [0.3, 0.4) is 0 Å². The van der Waals surface area contributed by atoms with E-state index in [4.69, 9.17) is 0 Å². The second-order valence-corrected chi connectivity index (χ2v) is 5.67. The van der Waals surface area contributed by atoms with Gasteiger partial charge in [-0.05, 0) is 17.5 Å². The molecule has 2 rings (SSSR count). The summed E-state index contributed by atoms with van der Waals surface area (Å²) < 4.78 is 0. The van der Waals surface area contributed by atoms with E-state index in [1.165, 1.54) is 30.3 Å². The minimum Gasteiger partial charge on any atom is -0.352 e. The van der Waals surface area contributed by atoms with E-state index in [0.29, 0.717) is 11.5 Å². The van der Waals surface area contributed by atoms with E-state index in [2.05, 4.69) is 16.0 Å². The Morgan fingerprint density at radius 1 is 1.39 bits per heavy atom. The fourth-order valence-corrected chi connectivity index (χ4v) is 2.75. The Hall–Kier alpha value is -2.62. The number of imide groups is 1. The molecule has 124 valence electrons. The first-order valence-electron chi connectivity index (χ1n) is 6.82.